The molecular formula is C12H19BrN2O2. The number of carbonyl (C=O) groups is 1. The zero-order valence-corrected chi connectivity index (χ0v) is 12.2. The molecule has 0 unspecified atom stereocenters. The predicted octanol–water partition coefficient (Wildman–Crippen LogP) is 3.23. The zero-order valence-electron chi connectivity index (χ0n) is 10.6. The summed E-state index contributed by atoms with van der Waals surface area (Å²) in [5.74, 6) is 0.0687. The van der Waals surface area contributed by atoms with Gasteiger partial charge in [-0.15, -0.1) is 0 Å². The van der Waals surface area contributed by atoms with Crippen LogP contribution in [-0.4, -0.2) is 28.8 Å². The summed E-state index contributed by atoms with van der Waals surface area (Å²) in [5, 5.41) is 4.19. The van der Waals surface area contributed by atoms with E-state index in [4.69, 9.17) is 4.74 Å². The van der Waals surface area contributed by atoms with Crippen molar-refractivity contribution in [3.63, 3.8) is 0 Å². The van der Waals surface area contributed by atoms with Gasteiger partial charge in [0.2, 0.25) is 0 Å². The lowest BCUT2D eigenvalue weighted by Crippen LogP contribution is -2.14. The standard InChI is InChI=1S/C12H19BrN2O2/c1-4-6-17-7-5-11(16)12-10(13)8-14-15(12)9(2)3/h8-9H,4-7H2,1-3H3. The van der Waals surface area contributed by atoms with E-state index in [2.05, 4.69) is 21.0 Å². The van der Waals surface area contributed by atoms with E-state index in [1.807, 2.05) is 20.8 Å². The maximum Gasteiger partial charge on any atom is 0.184 e. The topological polar surface area (TPSA) is 44.1 Å². The number of aromatic nitrogens is 2. The van der Waals surface area contributed by atoms with Crippen molar-refractivity contribution in [2.45, 2.75) is 39.7 Å². The van der Waals surface area contributed by atoms with E-state index in [0.717, 1.165) is 10.9 Å². The molecule has 96 valence electrons. The number of hydrogen-bond acceptors (Lipinski definition) is 3. The van der Waals surface area contributed by atoms with Gasteiger partial charge in [0.25, 0.3) is 0 Å². The monoisotopic (exact) mass is 302 g/mol. The van der Waals surface area contributed by atoms with Crippen molar-refractivity contribution in [2.24, 2.45) is 0 Å². The quantitative estimate of drug-likeness (QED) is 0.574. The fourth-order valence-electron chi connectivity index (χ4n) is 1.52. The predicted molar refractivity (Wildman–Crippen MR) is 70.4 cm³/mol. The third-order valence-corrected chi connectivity index (χ3v) is 2.91. The number of ketones is 1. The van der Waals surface area contributed by atoms with Crippen molar-refractivity contribution in [2.75, 3.05) is 13.2 Å². The third-order valence-electron chi connectivity index (χ3n) is 2.33. The smallest absolute Gasteiger partial charge is 0.184 e. The number of rotatable bonds is 7. The van der Waals surface area contributed by atoms with Gasteiger partial charge < -0.3 is 4.74 Å². The average Bonchev–Trinajstić information content (AvgIpc) is 2.66. The number of ether oxygens (including phenoxy) is 1. The van der Waals surface area contributed by atoms with Crippen LogP contribution in [0.2, 0.25) is 0 Å². The number of Topliss-reactive ketones (excluding diaryl/α,β-unsaturated/α-hetero) is 1. The van der Waals surface area contributed by atoms with Crippen molar-refractivity contribution in [1.82, 2.24) is 9.78 Å². The molecule has 0 aliphatic carbocycles. The van der Waals surface area contributed by atoms with Crippen molar-refractivity contribution in [3.05, 3.63) is 16.4 Å². The summed E-state index contributed by atoms with van der Waals surface area (Å²) in [6, 6.07) is 0.178. The van der Waals surface area contributed by atoms with Crippen LogP contribution < -0.4 is 0 Å². The van der Waals surface area contributed by atoms with Crippen LogP contribution >= 0.6 is 15.9 Å². The molecule has 5 heteroatoms. The Morgan fingerprint density at radius 1 is 1.53 bits per heavy atom. The first-order chi connectivity index (χ1) is 8.07. The maximum absolute atomic E-state index is 12.0. The van der Waals surface area contributed by atoms with Gasteiger partial charge in [0.1, 0.15) is 5.69 Å². The second kappa shape index (κ2) is 6.91. The number of carbonyl (C=O) groups excluding carboxylic acids is 1. The molecule has 0 aliphatic rings. The van der Waals surface area contributed by atoms with Gasteiger partial charge >= 0.3 is 0 Å². The highest BCUT2D eigenvalue weighted by molar-refractivity contribution is 9.10. The van der Waals surface area contributed by atoms with E-state index in [1.54, 1.807) is 10.9 Å². The van der Waals surface area contributed by atoms with E-state index < -0.39 is 0 Å². The SMILES string of the molecule is CCCOCCC(=O)c1c(Br)cnn1C(C)C. The summed E-state index contributed by atoms with van der Waals surface area (Å²) >= 11 is 3.36. The molecule has 4 nitrogen and oxygen atoms in total. The van der Waals surface area contributed by atoms with Crippen LogP contribution in [0, 0.1) is 0 Å². The first-order valence-corrected chi connectivity index (χ1v) is 6.71. The Labute approximate surface area is 110 Å². The molecule has 0 fully saturated rings. The fourth-order valence-corrected chi connectivity index (χ4v) is 2.02. The molecule has 17 heavy (non-hydrogen) atoms. The normalized spacial score (nSPS) is 11.1. The third kappa shape index (κ3) is 3.92. The van der Waals surface area contributed by atoms with Gasteiger partial charge in [-0.25, -0.2) is 0 Å². The second-order valence-electron chi connectivity index (χ2n) is 4.16. The van der Waals surface area contributed by atoms with Gasteiger partial charge in [-0.05, 0) is 36.2 Å². The summed E-state index contributed by atoms with van der Waals surface area (Å²) in [6.45, 7) is 7.24. The van der Waals surface area contributed by atoms with Crippen molar-refractivity contribution in [1.29, 1.82) is 0 Å². The second-order valence-corrected chi connectivity index (χ2v) is 5.02. The Balaban J connectivity index is 2.65. The van der Waals surface area contributed by atoms with Gasteiger partial charge in [-0.2, -0.15) is 5.10 Å². The van der Waals surface area contributed by atoms with E-state index in [1.165, 1.54) is 0 Å². The molecule has 0 aliphatic heterocycles. The molecule has 1 aromatic heterocycles. The molecule has 1 rings (SSSR count). The zero-order chi connectivity index (χ0) is 12.8. The van der Waals surface area contributed by atoms with Crippen LogP contribution in [0.5, 0.6) is 0 Å². The number of nitrogens with zero attached hydrogens (tertiary/aromatic N) is 2. The summed E-state index contributed by atoms with van der Waals surface area (Å²) < 4.78 is 7.82. The lowest BCUT2D eigenvalue weighted by atomic mass is 10.2. The molecule has 1 heterocycles. The lowest BCUT2D eigenvalue weighted by Gasteiger charge is -2.10. The highest BCUT2D eigenvalue weighted by Crippen LogP contribution is 2.20. The highest BCUT2D eigenvalue weighted by atomic mass is 79.9. The van der Waals surface area contributed by atoms with Crippen molar-refractivity contribution < 1.29 is 9.53 Å². The van der Waals surface area contributed by atoms with E-state index in [-0.39, 0.29) is 11.8 Å². The largest absolute Gasteiger partial charge is 0.381 e. The van der Waals surface area contributed by atoms with Gasteiger partial charge in [-0.1, -0.05) is 6.92 Å². The summed E-state index contributed by atoms with van der Waals surface area (Å²) in [5.41, 5.74) is 0.639. The molecule has 0 saturated carbocycles. The van der Waals surface area contributed by atoms with E-state index in [0.29, 0.717) is 25.3 Å². The molecule has 0 amide bonds. The molecule has 0 N–H and O–H groups in total. The molecule has 0 atom stereocenters. The van der Waals surface area contributed by atoms with Gasteiger partial charge in [0, 0.05) is 19.1 Å². The minimum Gasteiger partial charge on any atom is -0.381 e. The van der Waals surface area contributed by atoms with Crippen molar-refractivity contribution in [3.8, 4) is 0 Å². The summed E-state index contributed by atoms with van der Waals surface area (Å²) in [6.07, 6.45) is 3.04. The molecule has 1 aromatic rings. The van der Waals surface area contributed by atoms with E-state index >= 15 is 0 Å². The summed E-state index contributed by atoms with van der Waals surface area (Å²) in [4.78, 5) is 12.0. The Kier molecular flexibility index (Phi) is 5.85. The minimum absolute atomic E-state index is 0.0687. The van der Waals surface area contributed by atoms with Crippen LogP contribution in [0.4, 0.5) is 0 Å². The molecule has 0 bridgehead atoms. The first kappa shape index (κ1) is 14.4. The first-order valence-electron chi connectivity index (χ1n) is 5.91. The van der Waals surface area contributed by atoms with Gasteiger partial charge in [0.15, 0.2) is 5.78 Å². The number of hydrogen-bond donors (Lipinski definition) is 0. The van der Waals surface area contributed by atoms with Crippen LogP contribution in [0.1, 0.15) is 50.1 Å². The molecule has 0 aromatic carbocycles. The van der Waals surface area contributed by atoms with Crippen LogP contribution in [0.25, 0.3) is 0 Å². The summed E-state index contributed by atoms with van der Waals surface area (Å²) in [7, 11) is 0. The number of halogens is 1. The fraction of sp³-hybridized carbons (Fsp3) is 0.667. The Morgan fingerprint density at radius 3 is 2.82 bits per heavy atom. The van der Waals surface area contributed by atoms with Crippen LogP contribution in [0.3, 0.4) is 0 Å². The van der Waals surface area contributed by atoms with E-state index in [9.17, 15) is 4.79 Å². The average molecular weight is 303 g/mol. The molecule has 0 spiro atoms. The Hall–Kier alpha value is -0.680. The molecule has 0 radical (unpaired) electrons. The lowest BCUT2D eigenvalue weighted by molar-refractivity contribution is 0.0866. The van der Waals surface area contributed by atoms with Gasteiger partial charge in [0.05, 0.1) is 17.3 Å². The molecular weight excluding hydrogens is 284 g/mol. The maximum atomic E-state index is 12.0. The van der Waals surface area contributed by atoms with Gasteiger partial charge in [-0.3, -0.25) is 9.48 Å². The van der Waals surface area contributed by atoms with Crippen LogP contribution in [0.15, 0.2) is 10.7 Å². The minimum atomic E-state index is 0.0687. The Morgan fingerprint density at radius 2 is 2.24 bits per heavy atom. The Bertz CT molecular complexity index is 375. The molecule has 0 saturated heterocycles. The van der Waals surface area contributed by atoms with Crippen molar-refractivity contribution >= 4 is 21.7 Å². The van der Waals surface area contributed by atoms with Crippen LogP contribution in [-0.2, 0) is 4.74 Å². The highest BCUT2D eigenvalue weighted by Gasteiger charge is 2.18.